The molecular weight excluding hydrogens is 448 g/mol. The van der Waals surface area contributed by atoms with Crippen molar-refractivity contribution in [1.29, 1.82) is 0 Å². The summed E-state index contributed by atoms with van der Waals surface area (Å²) >= 11 is 0. The molecular formula is C22H34N4O6S. The highest BCUT2D eigenvalue weighted by atomic mass is 32.2. The van der Waals surface area contributed by atoms with E-state index in [9.17, 15) is 13.2 Å². The van der Waals surface area contributed by atoms with Crippen LogP contribution in [0.1, 0.15) is 44.1 Å². The van der Waals surface area contributed by atoms with Crippen LogP contribution in [-0.2, 0) is 31.2 Å². The molecule has 2 aliphatic heterocycles. The van der Waals surface area contributed by atoms with Gasteiger partial charge < -0.3 is 20.4 Å². The first kappa shape index (κ1) is 25.6. The predicted octanol–water partition coefficient (Wildman–Crippen LogP) is 1.57. The quantitative estimate of drug-likeness (QED) is 0.628. The SMILES string of the molecule is CN(C)S(=O)(=O)N1CCC2(CC1)CC(C(=O)O)=NO2.NC1CCCC1OCc1ccccc1. The van der Waals surface area contributed by atoms with Crippen LogP contribution in [0, 0.1) is 0 Å². The van der Waals surface area contributed by atoms with Gasteiger partial charge in [-0.15, -0.1) is 0 Å². The Morgan fingerprint density at radius 1 is 1.27 bits per heavy atom. The molecule has 184 valence electrons. The molecule has 1 aliphatic carbocycles. The van der Waals surface area contributed by atoms with Crippen LogP contribution in [0.2, 0.25) is 0 Å². The number of carboxylic acids is 1. The zero-order chi connectivity index (χ0) is 24.1. The summed E-state index contributed by atoms with van der Waals surface area (Å²) in [6, 6.07) is 10.5. The summed E-state index contributed by atoms with van der Waals surface area (Å²) < 4.78 is 32.2. The number of nitrogens with zero attached hydrogens (tertiary/aromatic N) is 3. The maximum absolute atomic E-state index is 11.9. The van der Waals surface area contributed by atoms with Gasteiger partial charge in [0.15, 0.2) is 5.71 Å². The summed E-state index contributed by atoms with van der Waals surface area (Å²) in [5.74, 6) is -1.08. The molecule has 3 N–H and O–H groups in total. The van der Waals surface area contributed by atoms with Gasteiger partial charge in [-0.1, -0.05) is 35.5 Å². The van der Waals surface area contributed by atoms with Crippen molar-refractivity contribution in [2.75, 3.05) is 27.2 Å². The number of aliphatic carboxylic acids is 1. The number of piperidine rings is 1. The van der Waals surface area contributed by atoms with E-state index >= 15 is 0 Å². The molecule has 11 heteroatoms. The number of nitrogens with two attached hydrogens (primary N) is 1. The lowest BCUT2D eigenvalue weighted by atomic mass is 9.88. The normalized spacial score (nSPS) is 24.8. The Morgan fingerprint density at radius 2 is 1.94 bits per heavy atom. The predicted molar refractivity (Wildman–Crippen MR) is 124 cm³/mol. The number of hydrogen-bond acceptors (Lipinski definition) is 7. The molecule has 3 aliphatic rings. The monoisotopic (exact) mass is 482 g/mol. The Kier molecular flexibility index (Phi) is 8.46. The van der Waals surface area contributed by atoms with Crippen molar-refractivity contribution >= 4 is 21.9 Å². The Hall–Kier alpha value is -2.05. The van der Waals surface area contributed by atoms with E-state index in [1.165, 1.54) is 34.7 Å². The third-order valence-corrected chi connectivity index (χ3v) is 8.26. The first-order chi connectivity index (χ1) is 15.6. The summed E-state index contributed by atoms with van der Waals surface area (Å²) in [5.41, 5.74) is 6.50. The molecule has 0 radical (unpaired) electrons. The fraction of sp³-hybridized carbons (Fsp3) is 0.636. The lowest BCUT2D eigenvalue weighted by molar-refractivity contribution is -0.129. The van der Waals surface area contributed by atoms with E-state index in [1.54, 1.807) is 0 Å². The third-order valence-electron chi connectivity index (χ3n) is 6.32. The maximum atomic E-state index is 11.9. The number of hydrogen-bond donors (Lipinski definition) is 2. The highest BCUT2D eigenvalue weighted by molar-refractivity contribution is 7.86. The minimum atomic E-state index is -3.42. The van der Waals surface area contributed by atoms with Crippen molar-refractivity contribution in [2.24, 2.45) is 10.9 Å². The Bertz CT molecular complexity index is 929. The van der Waals surface area contributed by atoms with E-state index < -0.39 is 21.8 Å². The van der Waals surface area contributed by atoms with Crippen LogP contribution >= 0.6 is 0 Å². The van der Waals surface area contributed by atoms with Gasteiger partial charge in [-0.2, -0.15) is 17.0 Å². The standard InChI is InChI=1S/C12H17NO.C10H17N3O5S/c13-11-7-4-8-12(11)14-9-10-5-2-1-3-6-10;1-12(2)19(16,17)13-5-3-10(4-6-13)7-8(9(14)15)11-18-10/h1-3,5-6,11-12H,4,7-9,13H2;3-7H2,1-2H3,(H,14,15). The van der Waals surface area contributed by atoms with Gasteiger partial charge in [0.25, 0.3) is 10.2 Å². The van der Waals surface area contributed by atoms with E-state index in [0.717, 1.165) is 12.8 Å². The molecule has 0 aromatic heterocycles. The maximum Gasteiger partial charge on any atom is 0.353 e. The molecule has 1 spiro atoms. The summed E-state index contributed by atoms with van der Waals surface area (Å²) in [4.78, 5) is 16.1. The summed E-state index contributed by atoms with van der Waals surface area (Å²) in [6.07, 6.45) is 4.84. The third kappa shape index (κ3) is 6.51. The number of ether oxygens (including phenoxy) is 1. The highest BCUT2D eigenvalue weighted by Gasteiger charge is 2.45. The zero-order valence-electron chi connectivity index (χ0n) is 19.2. The number of oxime groups is 1. The molecule has 2 atom stereocenters. The van der Waals surface area contributed by atoms with Crippen molar-refractivity contribution in [3.63, 3.8) is 0 Å². The van der Waals surface area contributed by atoms with E-state index in [-0.39, 0.29) is 24.3 Å². The van der Waals surface area contributed by atoms with Crippen molar-refractivity contribution in [3.8, 4) is 0 Å². The Labute approximate surface area is 195 Å². The lowest BCUT2D eigenvalue weighted by Gasteiger charge is -2.37. The van der Waals surface area contributed by atoms with E-state index in [0.29, 0.717) is 32.5 Å². The molecule has 1 aromatic carbocycles. The number of benzene rings is 1. The number of rotatable bonds is 6. The van der Waals surface area contributed by atoms with Gasteiger partial charge >= 0.3 is 5.97 Å². The van der Waals surface area contributed by atoms with Crippen LogP contribution in [0.15, 0.2) is 35.5 Å². The average molecular weight is 483 g/mol. The molecule has 1 saturated carbocycles. The smallest absolute Gasteiger partial charge is 0.353 e. The van der Waals surface area contributed by atoms with E-state index in [1.807, 2.05) is 18.2 Å². The van der Waals surface area contributed by atoms with Crippen LogP contribution in [0.25, 0.3) is 0 Å². The molecule has 4 rings (SSSR count). The summed E-state index contributed by atoms with van der Waals surface area (Å²) in [7, 11) is -0.452. The highest BCUT2D eigenvalue weighted by Crippen LogP contribution is 2.35. The van der Waals surface area contributed by atoms with Gasteiger partial charge in [0.05, 0.1) is 12.7 Å². The van der Waals surface area contributed by atoms with Gasteiger partial charge in [-0.25, -0.2) is 4.79 Å². The van der Waals surface area contributed by atoms with Crippen molar-refractivity contribution in [3.05, 3.63) is 35.9 Å². The molecule has 2 unspecified atom stereocenters. The molecule has 33 heavy (non-hydrogen) atoms. The van der Waals surface area contributed by atoms with Crippen molar-refractivity contribution in [1.82, 2.24) is 8.61 Å². The zero-order valence-corrected chi connectivity index (χ0v) is 20.0. The molecule has 1 aromatic rings. The van der Waals surface area contributed by atoms with Gasteiger partial charge in [-0.05, 0) is 24.8 Å². The minimum absolute atomic E-state index is 0.00363. The Morgan fingerprint density at radius 3 is 2.45 bits per heavy atom. The molecule has 0 amide bonds. The minimum Gasteiger partial charge on any atom is -0.477 e. The molecule has 0 bridgehead atoms. The Balaban J connectivity index is 0.000000194. The average Bonchev–Trinajstić information content (AvgIpc) is 3.40. The molecule has 10 nitrogen and oxygen atoms in total. The van der Waals surface area contributed by atoms with Crippen molar-refractivity contribution < 1.29 is 27.9 Å². The fourth-order valence-electron chi connectivity index (χ4n) is 4.20. The topological polar surface area (TPSA) is 135 Å². The van der Waals surface area contributed by atoms with Gasteiger partial charge in [0.2, 0.25) is 0 Å². The number of carboxylic acid groups (broad SMARTS) is 1. The van der Waals surface area contributed by atoms with Gasteiger partial charge in [-0.3, -0.25) is 0 Å². The van der Waals surface area contributed by atoms with Crippen LogP contribution in [-0.4, -0.2) is 78.7 Å². The van der Waals surface area contributed by atoms with Gasteiger partial charge in [0, 0.05) is 52.5 Å². The first-order valence-electron chi connectivity index (χ1n) is 11.2. The molecule has 2 heterocycles. The lowest BCUT2D eigenvalue weighted by Crippen LogP contribution is -2.50. The van der Waals surface area contributed by atoms with Crippen LogP contribution < -0.4 is 5.73 Å². The van der Waals surface area contributed by atoms with E-state index in [4.69, 9.17) is 20.4 Å². The fourth-order valence-corrected chi connectivity index (χ4v) is 5.30. The van der Waals surface area contributed by atoms with Crippen LogP contribution in [0.5, 0.6) is 0 Å². The van der Waals surface area contributed by atoms with E-state index in [2.05, 4.69) is 17.3 Å². The summed E-state index contributed by atoms with van der Waals surface area (Å²) in [5, 5.41) is 12.4. The first-order valence-corrected chi connectivity index (χ1v) is 12.6. The largest absolute Gasteiger partial charge is 0.477 e. The van der Waals surface area contributed by atoms with Crippen LogP contribution in [0.3, 0.4) is 0 Å². The number of carbonyl (C=O) groups is 1. The second kappa shape index (κ2) is 10.9. The van der Waals surface area contributed by atoms with Crippen molar-refractivity contribution in [2.45, 2.75) is 62.9 Å². The van der Waals surface area contributed by atoms with Gasteiger partial charge in [0.1, 0.15) is 5.60 Å². The second-order valence-corrected chi connectivity index (χ2v) is 11.1. The molecule has 1 saturated heterocycles. The van der Waals surface area contributed by atoms with Crippen LogP contribution in [0.4, 0.5) is 0 Å². The summed E-state index contributed by atoms with van der Waals surface area (Å²) in [6.45, 7) is 1.31. The molecule has 2 fully saturated rings. The second-order valence-electron chi connectivity index (χ2n) is 8.91.